The van der Waals surface area contributed by atoms with Gasteiger partial charge in [-0.15, -0.1) is 11.3 Å². The summed E-state index contributed by atoms with van der Waals surface area (Å²) in [6, 6.07) is 1.81. The summed E-state index contributed by atoms with van der Waals surface area (Å²) in [6.07, 6.45) is 2.29. The van der Waals surface area contributed by atoms with E-state index in [2.05, 4.69) is 9.97 Å². The molecule has 0 aromatic carbocycles. The van der Waals surface area contributed by atoms with E-state index in [-0.39, 0.29) is 5.97 Å². The quantitative estimate of drug-likeness (QED) is 0.691. The van der Waals surface area contributed by atoms with Crippen molar-refractivity contribution in [2.24, 2.45) is 0 Å². The van der Waals surface area contributed by atoms with Crippen molar-refractivity contribution >= 4 is 29.5 Å². The third kappa shape index (κ3) is 2.41. The SMILES string of the molecule is COC(=O)c1scc(C)c1-c1cc(=S)nc(C2CC2)[nH]1. The molecule has 1 saturated carbocycles. The van der Waals surface area contributed by atoms with Crippen LogP contribution in [0.3, 0.4) is 0 Å². The molecule has 0 bridgehead atoms. The van der Waals surface area contributed by atoms with E-state index in [4.69, 9.17) is 17.0 Å². The summed E-state index contributed by atoms with van der Waals surface area (Å²) in [5, 5.41) is 1.95. The van der Waals surface area contributed by atoms with E-state index in [1.165, 1.54) is 18.4 Å². The Morgan fingerprint density at radius 3 is 2.95 bits per heavy atom. The minimum Gasteiger partial charge on any atom is -0.465 e. The van der Waals surface area contributed by atoms with Crippen molar-refractivity contribution in [3.63, 3.8) is 0 Å². The molecule has 0 unspecified atom stereocenters. The molecule has 1 N–H and O–H groups in total. The lowest BCUT2D eigenvalue weighted by Crippen LogP contribution is -2.02. The number of methoxy groups -OCH3 is 1. The van der Waals surface area contributed by atoms with E-state index in [9.17, 15) is 4.79 Å². The number of ether oxygens (including phenoxy) is 1. The molecule has 1 aliphatic rings. The number of hydrogen-bond donors (Lipinski definition) is 1. The third-order valence-corrected chi connectivity index (χ3v) is 4.63. The Morgan fingerprint density at radius 2 is 2.30 bits per heavy atom. The largest absolute Gasteiger partial charge is 0.465 e. The van der Waals surface area contributed by atoms with Crippen molar-refractivity contribution in [2.45, 2.75) is 25.7 Å². The molecule has 20 heavy (non-hydrogen) atoms. The van der Waals surface area contributed by atoms with Crippen LogP contribution >= 0.6 is 23.6 Å². The molecule has 2 heterocycles. The second-order valence-electron chi connectivity index (χ2n) is 4.91. The van der Waals surface area contributed by atoms with Gasteiger partial charge in [-0.3, -0.25) is 0 Å². The third-order valence-electron chi connectivity index (χ3n) is 3.34. The van der Waals surface area contributed by atoms with Crippen LogP contribution in [0.4, 0.5) is 0 Å². The molecule has 0 atom stereocenters. The summed E-state index contributed by atoms with van der Waals surface area (Å²) in [5.41, 5.74) is 2.76. The normalized spacial score (nSPS) is 14.3. The fraction of sp³-hybridized carbons (Fsp3) is 0.357. The molecule has 1 aliphatic carbocycles. The Hall–Kier alpha value is -1.53. The van der Waals surface area contributed by atoms with Gasteiger partial charge in [0.15, 0.2) is 0 Å². The zero-order valence-electron chi connectivity index (χ0n) is 11.2. The standard InChI is InChI=1S/C14H14N2O2S2/c1-7-6-20-12(14(17)18-2)11(7)9-5-10(19)16-13(15-9)8-3-4-8/h5-6,8H,3-4H2,1-2H3,(H,15,16,19). The minimum absolute atomic E-state index is 0.317. The average molecular weight is 306 g/mol. The van der Waals surface area contributed by atoms with Crippen LogP contribution < -0.4 is 0 Å². The molecule has 0 saturated heterocycles. The van der Waals surface area contributed by atoms with Gasteiger partial charge in [-0.25, -0.2) is 9.78 Å². The number of hydrogen-bond acceptors (Lipinski definition) is 5. The van der Waals surface area contributed by atoms with Crippen molar-refractivity contribution in [3.05, 3.63) is 32.4 Å². The number of aromatic amines is 1. The van der Waals surface area contributed by atoms with Crippen molar-refractivity contribution in [3.8, 4) is 11.3 Å². The van der Waals surface area contributed by atoms with E-state index in [0.717, 1.165) is 35.5 Å². The molecule has 4 nitrogen and oxygen atoms in total. The highest BCUT2D eigenvalue weighted by Gasteiger charge is 2.27. The Morgan fingerprint density at radius 1 is 1.55 bits per heavy atom. The van der Waals surface area contributed by atoms with Gasteiger partial charge < -0.3 is 9.72 Å². The van der Waals surface area contributed by atoms with Crippen molar-refractivity contribution in [1.29, 1.82) is 0 Å². The van der Waals surface area contributed by atoms with Crippen LogP contribution in [0.15, 0.2) is 11.4 Å². The first-order valence-corrected chi connectivity index (χ1v) is 7.67. The smallest absolute Gasteiger partial charge is 0.348 e. The second kappa shape index (κ2) is 5.10. The zero-order valence-corrected chi connectivity index (χ0v) is 12.9. The van der Waals surface area contributed by atoms with E-state index >= 15 is 0 Å². The number of nitrogens with one attached hydrogen (secondary N) is 1. The van der Waals surface area contributed by atoms with E-state index in [1.807, 2.05) is 18.4 Å². The van der Waals surface area contributed by atoms with Crippen LogP contribution in [-0.4, -0.2) is 23.0 Å². The van der Waals surface area contributed by atoms with E-state index in [0.29, 0.717) is 15.4 Å². The molecule has 0 spiro atoms. The van der Waals surface area contributed by atoms with Gasteiger partial charge in [0, 0.05) is 11.5 Å². The lowest BCUT2D eigenvalue weighted by atomic mass is 10.1. The van der Waals surface area contributed by atoms with Gasteiger partial charge in [0.1, 0.15) is 15.3 Å². The van der Waals surface area contributed by atoms with Gasteiger partial charge in [-0.05, 0) is 36.8 Å². The number of esters is 1. The van der Waals surface area contributed by atoms with Crippen molar-refractivity contribution in [2.75, 3.05) is 7.11 Å². The first-order chi connectivity index (χ1) is 9.60. The van der Waals surface area contributed by atoms with Crippen LogP contribution in [0.2, 0.25) is 0 Å². The highest BCUT2D eigenvalue weighted by Crippen LogP contribution is 2.39. The van der Waals surface area contributed by atoms with Crippen LogP contribution in [0.5, 0.6) is 0 Å². The number of thiophene rings is 1. The lowest BCUT2D eigenvalue weighted by molar-refractivity contribution is 0.0607. The number of carbonyl (C=O) groups is 1. The van der Waals surface area contributed by atoms with Crippen LogP contribution in [0.1, 0.15) is 39.8 Å². The number of aromatic nitrogens is 2. The van der Waals surface area contributed by atoms with Gasteiger partial charge in [0.05, 0.1) is 12.8 Å². The minimum atomic E-state index is -0.317. The number of rotatable bonds is 3. The summed E-state index contributed by atoms with van der Waals surface area (Å²) in [4.78, 5) is 20.2. The van der Waals surface area contributed by atoms with E-state index < -0.39 is 0 Å². The van der Waals surface area contributed by atoms with Crippen LogP contribution in [-0.2, 0) is 4.74 Å². The Balaban J connectivity index is 2.15. The van der Waals surface area contributed by atoms with Gasteiger partial charge in [0.2, 0.25) is 0 Å². The summed E-state index contributed by atoms with van der Waals surface area (Å²) in [6.45, 7) is 1.98. The number of carbonyl (C=O) groups excluding carboxylic acids is 1. The molecule has 6 heteroatoms. The van der Waals surface area contributed by atoms with Crippen molar-refractivity contribution in [1.82, 2.24) is 9.97 Å². The Labute approximate surface area is 125 Å². The first kappa shape index (κ1) is 13.5. The number of aryl methyl sites for hydroxylation is 1. The summed E-state index contributed by atoms with van der Waals surface area (Å²) >= 11 is 6.64. The number of nitrogens with zero attached hydrogens (tertiary/aromatic N) is 1. The lowest BCUT2D eigenvalue weighted by Gasteiger charge is -2.07. The molecule has 104 valence electrons. The van der Waals surface area contributed by atoms with E-state index in [1.54, 1.807) is 0 Å². The molecule has 0 aliphatic heterocycles. The molecule has 3 rings (SSSR count). The maximum absolute atomic E-state index is 11.9. The summed E-state index contributed by atoms with van der Waals surface area (Å²) < 4.78 is 5.41. The molecule has 0 radical (unpaired) electrons. The zero-order chi connectivity index (χ0) is 14.3. The van der Waals surface area contributed by atoms with Gasteiger partial charge in [-0.2, -0.15) is 0 Å². The highest BCUT2D eigenvalue weighted by atomic mass is 32.1. The molecule has 0 amide bonds. The molecule has 1 fully saturated rings. The molecular formula is C14H14N2O2S2. The molecule has 2 aromatic rings. The second-order valence-corrected chi connectivity index (χ2v) is 6.20. The van der Waals surface area contributed by atoms with Gasteiger partial charge >= 0.3 is 5.97 Å². The first-order valence-electron chi connectivity index (χ1n) is 6.38. The predicted molar refractivity (Wildman–Crippen MR) is 80.8 cm³/mol. The van der Waals surface area contributed by atoms with Crippen LogP contribution in [0.25, 0.3) is 11.3 Å². The number of H-pyrrole nitrogens is 1. The Bertz CT molecular complexity index is 729. The molecular weight excluding hydrogens is 292 g/mol. The highest BCUT2D eigenvalue weighted by molar-refractivity contribution is 7.71. The summed E-state index contributed by atoms with van der Waals surface area (Å²) in [7, 11) is 1.39. The van der Waals surface area contributed by atoms with Gasteiger partial charge in [-0.1, -0.05) is 12.2 Å². The molecule has 2 aromatic heterocycles. The van der Waals surface area contributed by atoms with Crippen LogP contribution in [0, 0.1) is 11.6 Å². The van der Waals surface area contributed by atoms with Crippen molar-refractivity contribution < 1.29 is 9.53 Å². The fourth-order valence-electron chi connectivity index (χ4n) is 2.18. The predicted octanol–water partition coefficient (Wildman–Crippen LogP) is 3.84. The topological polar surface area (TPSA) is 55.0 Å². The maximum Gasteiger partial charge on any atom is 0.348 e. The fourth-order valence-corrected chi connectivity index (χ4v) is 3.38. The summed E-state index contributed by atoms with van der Waals surface area (Å²) in [5.74, 6) is 1.09. The Kier molecular flexibility index (Phi) is 3.43. The monoisotopic (exact) mass is 306 g/mol. The maximum atomic E-state index is 11.9. The average Bonchev–Trinajstić information content (AvgIpc) is 3.20. The van der Waals surface area contributed by atoms with Gasteiger partial charge in [0.25, 0.3) is 0 Å².